The third-order valence-electron chi connectivity index (χ3n) is 15.8. The van der Waals surface area contributed by atoms with Gasteiger partial charge in [0.05, 0.1) is 0 Å². The molecule has 0 saturated heterocycles. The second kappa shape index (κ2) is 16.0. The van der Waals surface area contributed by atoms with E-state index in [2.05, 4.69) is 269 Å². The van der Waals surface area contributed by atoms with Crippen LogP contribution in [-0.2, 0) is 5.41 Å². The number of benzene rings is 12. The van der Waals surface area contributed by atoms with Crippen LogP contribution in [0.5, 0.6) is 0 Å². The molecule has 0 bridgehead atoms. The van der Waals surface area contributed by atoms with Crippen LogP contribution in [0.1, 0.15) is 25.0 Å². The van der Waals surface area contributed by atoms with Gasteiger partial charge in [-0.3, -0.25) is 0 Å². The molecule has 13 aromatic rings. The van der Waals surface area contributed by atoms with E-state index in [0.717, 1.165) is 38.6 Å². The third-order valence-corrected chi connectivity index (χ3v) is 20.6. The van der Waals surface area contributed by atoms with Crippen molar-refractivity contribution in [1.82, 2.24) is 0 Å². The van der Waals surface area contributed by atoms with Crippen molar-refractivity contribution in [2.75, 3.05) is 0 Å². The average Bonchev–Trinajstić information content (AvgIpc) is 3.91. The molecule has 0 radical (unpaired) electrons. The largest absolute Gasteiger partial charge is 0.455 e. The lowest BCUT2D eigenvalue weighted by Gasteiger charge is -2.34. The van der Waals surface area contributed by atoms with Crippen LogP contribution in [-0.4, -0.2) is 8.07 Å². The van der Waals surface area contributed by atoms with Gasteiger partial charge in [-0.1, -0.05) is 238 Å². The van der Waals surface area contributed by atoms with E-state index in [-0.39, 0.29) is 5.41 Å². The van der Waals surface area contributed by atoms with E-state index >= 15 is 0 Å². The van der Waals surface area contributed by atoms with Crippen LogP contribution in [0.25, 0.3) is 98.8 Å². The van der Waals surface area contributed by atoms with E-state index < -0.39 is 8.07 Å². The summed E-state index contributed by atoms with van der Waals surface area (Å²) in [4.78, 5) is 0. The van der Waals surface area contributed by atoms with Crippen molar-refractivity contribution in [3.05, 3.63) is 266 Å². The molecular weight excluding hydrogens is 873 g/mol. The maximum Gasteiger partial charge on any atom is 0.179 e. The molecule has 1 aliphatic carbocycles. The minimum Gasteiger partial charge on any atom is -0.455 e. The highest BCUT2D eigenvalue weighted by molar-refractivity contribution is 7.19. The molecule has 0 amide bonds. The van der Waals surface area contributed by atoms with Gasteiger partial charge in [-0.05, 0) is 128 Å². The fourth-order valence-electron chi connectivity index (χ4n) is 12.5. The molecule has 0 spiro atoms. The highest BCUT2D eigenvalue weighted by Gasteiger charge is 2.42. The van der Waals surface area contributed by atoms with Crippen molar-refractivity contribution in [1.29, 1.82) is 0 Å². The van der Waals surface area contributed by atoms with Crippen LogP contribution >= 0.6 is 0 Å². The maximum absolute atomic E-state index is 7.16. The van der Waals surface area contributed by atoms with Gasteiger partial charge in [0.15, 0.2) is 8.07 Å². The third kappa shape index (κ3) is 6.18. The van der Waals surface area contributed by atoms with Crippen molar-refractivity contribution in [2.45, 2.75) is 19.3 Å². The molecule has 0 unspecified atom stereocenters. The van der Waals surface area contributed by atoms with Gasteiger partial charge in [-0.15, -0.1) is 0 Å². The smallest absolute Gasteiger partial charge is 0.179 e. The molecule has 1 heterocycles. The summed E-state index contributed by atoms with van der Waals surface area (Å²) in [6.07, 6.45) is 0. The Hall–Kier alpha value is -8.56. The van der Waals surface area contributed by atoms with E-state index in [0.29, 0.717) is 0 Å². The number of hydrogen-bond acceptors (Lipinski definition) is 1. The molecule has 14 rings (SSSR count). The number of para-hydroxylation sites is 1. The normalized spacial score (nSPS) is 13.0. The Bertz CT molecular complexity index is 4090. The monoisotopic (exact) mass is 920 g/mol. The van der Waals surface area contributed by atoms with Crippen molar-refractivity contribution in [3.8, 4) is 44.5 Å². The molecular formula is C69H48OSi. The summed E-state index contributed by atoms with van der Waals surface area (Å²) in [6.45, 7) is 4.79. The predicted molar refractivity (Wildman–Crippen MR) is 304 cm³/mol. The first-order chi connectivity index (χ1) is 35.0. The summed E-state index contributed by atoms with van der Waals surface area (Å²) in [5, 5.41) is 15.0. The summed E-state index contributed by atoms with van der Waals surface area (Å²) in [6, 6.07) is 95.2. The van der Waals surface area contributed by atoms with E-state index in [1.165, 1.54) is 92.0 Å². The van der Waals surface area contributed by atoms with Crippen LogP contribution in [0.4, 0.5) is 0 Å². The van der Waals surface area contributed by atoms with Crippen LogP contribution in [0.15, 0.2) is 259 Å². The first-order valence-electron chi connectivity index (χ1n) is 24.8. The molecule has 12 aromatic carbocycles. The van der Waals surface area contributed by atoms with Crippen molar-refractivity contribution < 1.29 is 4.42 Å². The van der Waals surface area contributed by atoms with Gasteiger partial charge in [0.1, 0.15) is 11.2 Å². The van der Waals surface area contributed by atoms with Crippen LogP contribution in [0.2, 0.25) is 0 Å². The molecule has 0 fully saturated rings. The summed E-state index contributed by atoms with van der Waals surface area (Å²) < 4.78 is 7.16. The Morgan fingerprint density at radius 1 is 0.310 bits per heavy atom. The minimum atomic E-state index is -2.85. The number of rotatable bonds is 7. The number of furan rings is 1. The molecule has 1 nitrogen and oxygen atoms in total. The Morgan fingerprint density at radius 3 is 1.42 bits per heavy atom. The zero-order chi connectivity index (χ0) is 47.3. The standard InChI is InChI=1S/C69H48OSi/c1-69(2)62-44-48(37-38-54(62)61-42-45-21-12-13-22-46(45)43-63(61)69)65-56-32-14-16-34-58(56)66(59-35-17-15-33-57(59)65)67-53(39-40-60-55-31-18-19-36-64(55)70-68(60)67)47-23-20-30-52(41-47)71(49-24-6-3-7-25-49,50-26-8-4-9-27-50)51-28-10-5-11-29-51/h3-44H,1-2H3. The Kier molecular flexibility index (Phi) is 9.33. The average molecular weight is 921 g/mol. The maximum atomic E-state index is 7.16. The Labute approximate surface area is 415 Å². The summed E-state index contributed by atoms with van der Waals surface area (Å²) in [5.41, 5.74) is 14.1. The first-order valence-corrected chi connectivity index (χ1v) is 26.8. The lowest BCUT2D eigenvalue weighted by molar-refractivity contribution is 0.661. The molecule has 0 saturated carbocycles. The zero-order valence-electron chi connectivity index (χ0n) is 39.7. The van der Waals surface area contributed by atoms with Crippen molar-refractivity contribution >= 4 is 83.1 Å². The molecule has 1 aromatic heterocycles. The number of hydrogen-bond donors (Lipinski definition) is 0. The predicted octanol–water partition coefficient (Wildman–Crippen LogP) is 15.7. The van der Waals surface area contributed by atoms with Gasteiger partial charge < -0.3 is 4.42 Å². The van der Waals surface area contributed by atoms with E-state index in [4.69, 9.17) is 4.42 Å². The van der Waals surface area contributed by atoms with Gasteiger partial charge in [0.2, 0.25) is 0 Å². The molecule has 0 aliphatic heterocycles. The van der Waals surface area contributed by atoms with Crippen LogP contribution in [0.3, 0.4) is 0 Å². The Morgan fingerprint density at radius 2 is 0.803 bits per heavy atom. The van der Waals surface area contributed by atoms with Gasteiger partial charge in [0.25, 0.3) is 0 Å². The lowest BCUT2D eigenvalue weighted by atomic mass is 9.79. The van der Waals surface area contributed by atoms with E-state index in [1.54, 1.807) is 0 Å². The topological polar surface area (TPSA) is 13.1 Å². The van der Waals surface area contributed by atoms with E-state index in [1.807, 2.05) is 0 Å². The van der Waals surface area contributed by atoms with Crippen LogP contribution < -0.4 is 20.7 Å². The van der Waals surface area contributed by atoms with Gasteiger partial charge in [-0.2, -0.15) is 0 Å². The highest BCUT2D eigenvalue weighted by Crippen LogP contribution is 2.53. The minimum absolute atomic E-state index is 0.168. The summed E-state index contributed by atoms with van der Waals surface area (Å²) >= 11 is 0. The molecule has 1 aliphatic rings. The van der Waals surface area contributed by atoms with Crippen molar-refractivity contribution in [3.63, 3.8) is 0 Å². The van der Waals surface area contributed by atoms with Gasteiger partial charge >= 0.3 is 0 Å². The molecule has 71 heavy (non-hydrogen) atoms. The molecule has 0 N–H and O–H groups in total. The van der Waals surface area contributed by atoms with Gasteiger partial charge in [-0.25, -0.2) is 0 Å². The fraction of sp³-hybridized carbons (Fsp3) is 0.0435. The molecule has 334 valence electrons. The molecule has 0 atom stereocenters. The SMILES string of the molecule is CC1(C)c2cc(-c3c4ccccc4c(-c4c(-c5cccc([Si](c6ccccc6)(c6ccccc6)c6ccccc6)c5)ccc5c4oc4ccccc45)c4ccccc34)ccc2-c2cc3ccccc3cc21. The lowest BCUT2D eigenvalue weighted by Crippen LogP contribution is -2.74. The highest BCUT2D eigenvalue weighted by atomic mass is 28.3. The summed E-state index contributed by atoms with van der Waals surface area (Å²) in [5.74, 6) is 0. The number of fused-ring (bicyclic) bond motifs is 9. The Balaban J connectivity index is 1.04. The zero-order valence-corrected chi connectivity index (χ0v) is 40.7. The summed E-state index contributed by atoms with van der Waals surface area (Å²) in [7, 11) is -2.85. The van der Waals surface area contributed by atoms with E-state index in [9.17, 15) is 0 Å². The van der Waals surface area contributed by atoms with Crippen molar-refractivity contribution in [2.24, 2.45) is 0 Å². The quantitative estimate of drug-likeness (QED) is 0.0882. The van der Waals surface area contributed by atoms with Gasteiger partial charge in [0, 0.05) is 27.3 Å². The fourth-order valence-corrected chi connectivity index (χ4v) is 17.3. The first kappa shape index (κ1) is 41.4. The second-order valence-corrected chi connectivity index (χ2v) is 23.7. The molecule has 2 heteroatoms. The van der Waals surface area contributed by atoms with Crippen LogP contribution in [0, 0.1) is 0 Å². The second-order valence-electron chi connectivity index (χ2n) is 19.9.